The number of amides is 1. The SMILES string of the molecule is CCNc1ccc(C(=O)Nc2nc3ccccc3s2)nc1. The third-order valence-electron chi connectivity index (χ3n) is 2.89. The number of anilines is 2. The zero-order chi connectivity index (χ0) is 14.7. The van der Waals surface area contributed by atoms with Gasteiger partial charge in [0.2, 0.25) is 0 Å². The summed E-state index contributed by atoms with van der Waals surface area (Å²) in [4.78, 5) is 20.7. The van der Waals surface area contributed by atoms with Crippen molar-refractivity contribution in [1.29, 1.82) is 0 Å². The molecule has 2 N–H and O–H groups in total. The molecule has 6 heteroatoms. The van der Waals surface area contributed by atoms with E-state index in [0.717, 1.165) is 22.4 Å². The number of hydrogen-bond acceptors (Lipinski definition) is 5. The van der Waals surface area contributed by atoms with E-state index in [9.17, 15) is 4.79 Å². The van der Waals surface area contributed by atoms with E-state index in [0.29, 0.717) is 10.8 Å². The Balaban J connectivity index is 1.76. The summed E-state index contributed by atoms with van der Waals surface area (Å²) < 4.78 is 1.04. The summed E-state index contributed by atoms with van der Waals surface area (Å²) in [5.74, 6) is -0.253. The van der Waals surface area contributed by atoms with Crippen molar-refractivity contribution < 1.29 is 4.79 Å². The summed E-state index contributed by atoms with van der Waals surface area (Å²) in [6.45, 7) is 2.83. The van der Waals surface area contributed by atoms with E-state index in [2.05, 4.69) is 20.6 Å². The molecule has 0 unspecified atom stereocenters. The number of pyridine rings is 1. The van der Waals surface area contributed by atoms with Crippen LogP contribution in [0, 0.1) is 0 Å². The smallest absolute Gasteiger partial charge is 0.276 e. The number of carbonyl (C=O) groups is 1. The molecule has 0 aliphatic heterocycles. The van der Waals surface area contributed by atoms with Crippen LogP contribution in [-0.4, -0.2) is 22.4 Å². The number of aromatic nitrogens is 2. The Morgan fingerprint density at radius 2 is 2.10 bits per heavy atom. The zero-order valence-electron chi connectivity index (χ0n) is 11.5. The molecule has 3 aromatic rings. The second-order valence-electron chi connectivity index (χ2n) is 4.40. The van der Waals surface area contributed by atoms with Gasteiger partial charge < -0.3 is 5.32 Å². The highest BCUT2D eigenvalue weighted by Crippen LogP contribution is 2.25. The summed E-state index contributed by atoms with van der Waals surface area (Å²) in [7, 11) is 0. The van der Waals surface area contributed by atoms with Crippen LogP contribution in [-0.2, 0) is 0 Å². The van der Waals surface area contributed by atoms with E-state index >= 15 is 0 Å². The fourth-order valence-electron chi connectivity index (χ4n) is 1.92. The lowest BCUT2D eigenvalue weighted by atomic mass is 10.3. The lowest BCUT2D eigenvalue weighted by molar-refractivity contribution is 0.102. The minimum absolute atomic E-state index is 0.253. The molecule has 0 atom stereocenters. The third kappa shape index (κ3) is 3.00. The van der Waals surface area contributed by atoms with Crippen LogP contribution in [0.25, 0.3) is 10.2 Å². The van der Waals surface area contributed by atoms with E-state index in [1.807, 2.05) is 37.3 Å². The average Bonchev–Trinajstić information content (AvgIpc) is 2.90. The molecule has 0 bridgehead atoms. The molecule has 0 saturated carbocycles. The first-order valence-electron chi connectivity index (χ1n) is 6.63. The molecule has 2 heterocycles. The molecule has 0 fully saturated rings. The Kier molecular flexibility index (Phi) is 3.79. The second kappa shape index (κ2) is 5.88. The zero-order valence-corrected chi connectivity index (χ0v) is 12.3. The van der Waals surface area contributed by atoms with Crippen molar-refractivity contribution in [3.05, 3.63) is 48.3 Å². The van der Waals surface area contributed by atoms with E-state index in [-0.39, 0.29) is 5.91 Å². The number of nitrogens with zero attached hydrogens (tertiary/aromatic N) is 2. The number of benzene rings is 1. The van der Waals surface area contributed by atoms with Crippen molar-refractivity contribution in [3.63, 3.8) is 0 Å². The Morgan fingerprint density at radius 3 is 2.81 bits per heavy atom. The van der Waals surface area contributed by atoms with Crippen LogP contribution in [0.3, 0.4) is 0 Å². The lowest BCUT2D eigenvalue weighted by Crippen LogP contribution is -2.13. The van der Waals surface area contributed by atoms with Crippen molar-refractivity contribution in [1.82, 2.24) is 9.97 Å². The minimum atomic E-state index is -0.253. The van der Waals surface area contributed by atoms with Gasteiger partial charge in [-0.1, -0.05) is 23.5 Å². The minimum Gasteiger partial charge on any atom is -0.384 e. The Labute approximate surface area is 126 Å². The Bertz CT molecular complexity index is 734. The molecule has 5 nitrogen and oxygen atoms in total. The number of fused-ring (bicyclic) bond motifs is 1. The van der Waals surface area contributed by atoms with E-state index in [1.54, 1.807) is 12.3 Å². The first kappa shape index (κ1) is 13.5. The molecular formula is C15H14N4OS. The highest BCUT2D eigenvalue weighted by atomic mass is 32.1. The van der Waals surface area contributed by atoms with Gasteiger partial charge in [-0.05, 0) is 31.2 Å². The third-order valence-corrected chi connectivity index (χ3v) is 3.84. The molecule has 0 saturated heterocycles. The van der Waals surface area contributed by atoms with Gasteiger partial charge in [-0.3, -0.25) is 10.1 Å². The van der Waals surface area contributed by atoms with Gasteiger partial charge in [0.05, 0.1) is 22.1 Å². The number of nitrogens with one attached hydrogen (secondary N) is 2. The Morgan fingerprint density at radius 1 is 1.24 bits per heavy atom. The van der Waals surface area contributed by atoms with E-state index < -0.39 is 0 Å². The quantitative estimate of drug-likeness (QED) is 0.775. The van der Waals surface area contributed by atoms with Gasteiger partial charge in [0.15, 0.2) is 5.13 Å². The predicted octanol–water partition coefficient (Wildman–Crippen LogP) is 3.38. The molecule has 106 valence electrons. The van der Waals surface area contributed by atoms with Crippen LogP contribution in [0.2, 0.25) is 0 Å². The number of hydrogen-bond donors (Lipinski definition) is 2. The normalized spacial score (nSPS) is 10.5. The standard InChI is InChI=1S/C15H14N4OS/c1-2-16-10-7-8-12(17-9-10)14(20)19-15-18-11-5-3-4-6-13(11)21-15/h3-9,16H,2H2,1H3,(H,18,19,20). The van der Waals surface area contributed by atoms with Gasteiger partial charge in [0.1, 0.15) is 5.69 Å². The lowest BCUT2D eigenvalue weighted by Gasteiger charge is -2.04. The predicted molar refractivity (Wildman–Crippen MR) is 86.0 cm³/mol. The van der Waals surface area contributed by atoms with Crippen LogP contribution >= 0.6 is 11.3 Å². The van der Waals surface area contributed by atoms with Crippen molar-refractivity contribution >= 4 is 38.3 Å². The summed E-state index contributed by atoms with van der Waals surface area (Å²) in [6.07, 6.45) is 1.65. The first-order chi connectivity index (χ1) is 10.3. The van der Waals surface area contributed by atoms with Gasteiger partial charge in [0.25, 0.3) is 5.91 Å². The molecule has 1 amide bonds. The topological polar surface area (TPSA) is 66.9 Å². The van der Waals surface area contributed by atoms with Gasteiger partial charge in [-0.15, -0.1) is 0 Å². The van der Waals surface area contributed by atoms with Crippen LogP contribution in [0.15, 0.2) is 42.6 Å². The summed E-state index contributed by atoms with van der Waals surface area (Å²) in [5.41, 5.74) is 2.15. The van der Waals surface area contributed by atoms with Gasteiger partial charge in [0, 0.05) is 6.54 Å². The molecule has 3 rings (SSSR count). The molecule has 0 aliphatic rings. The molecule has 0 aliphatic carbocycles. The molecular weight excluding hydrogens is 284 g/mol. The number of thiazole rings is 1. The van der Waals surface area contributed by atoms with Crippen LogP contribution in [0.4, 0.5) is 10.8 Å². The molecule has 2 aromatic heterocycles. The monoisotopic (exact) mass is 298 g/mol. The van der Waals surface area contributed by atoms with Crippen molar-refractivity contribution in [2.75, 3.05) is 17.2 Å². The van der Waals surface area contributed by atoms with Crippen LogP contribution in [0.1, 0.15) is 17.4 Å². The molecule has 1 aromatic carbocycles. The number of rotatable bonds is 4. The Hall–Kier alpha value is -2.47. The van der Waals surface area contributed by atoms with E-state index in [1.165, 1.54) is 11.3 Å². The number of carbonyl (C=O) groups excluding carboxylic acids is 1. The summed E-state index contributed by atoms with van der Waals surface area (Å²) in [5, 5.41) is 6.50. The van der Waals surface area contributed by atoms with Crippen molar-refractivity contribution in [2.45, 2.75) is 6.92 Å². The molecule has 0 radical (unpaired) electrons. The van der Waals surface area contributed by atoms with Crippen molar-refractivity contribution in [3.8, 4) is 0 Å². The highest BCUT2D eigenvalue weighted by Gasteiger charge is 2.10. The molecule has 0 spiro atoms. The first-order valence-corrected chi connectivity index (χ1v) is 7.45. The summed E-state index contributed by atoms with van der Waals surface area (Å²) in [6, 6.07) is 11.3. The van der Waals surface area contributed by atoms with Gasteiger partial charge >= 0.3 is 0 Å². The van der Waals surface area contributed by atoms with Crippen molar-refractivity contribution in [2.24, 2.45) is 0 Å². The van der Waals surface area contributed by atoms with Gasteiger partial charge in [-0.25, -0.2) is 9.97 Å². The van der Waals surface area contributed by atoms with Crippen LogP contribution < -0.4 is 10.6 Å². The maximum atomic E-state index is 12.1. The maximum Gasteiger partial charge on any atom is 0.276 e. The fourth-order valence-corrected chi connectivity index (χ4v) is 2.78. The van der Waals surface area contributed by atoms with E-state index in [4.69, 9.17) is 0 Å². The second-order valence-corrected chi connectivity index (χ2v) is 5.43. The average molecular weight is 298 g/mol. The van der Waals surface area contributed by atoms with Crippen LogP contribution in [0.5, 0.6) is 0 Å². The maximum absolute atomic E-state index is 12.1. The molecule has 21 heavy (non-hydrogen) atoms. The largest absolute Gasteiger partial charge is 0.384 e. The highest BCUT2D eigenvalue weighted by molar-refractivity contribution is 7.22. The van der Waals surface area contributed by atoms with Gasteiger partial charge in [-0.2, -0.15) is 0 Å². The summed E-state index contributed by atoms with van der Waals surface area (Å²) >= 11 is 1.45. The number of para-hydroxylation sites is 1. The fraction of sp³-hybridized carbons (Fsp3) is 0.133.